The van der Waals surface area contributed by atoms with Crippen LogP contribution < -0.4 is 0 Å². The van der Waals surface area contributed by atoms with Crippen molar-refractivity contribution < 1.29 is 0 Å². The summed E-state index contributed by atoms with van der Waals surface area (Å²) < 4.78 is 0. The first kappa shape index (κ1) is 43.0. The molecule has 2 aliphatic rings. The average Bonchev–Trinajstić information content (AvgIpc) is 3.74. The average molecular weight is 792 g/mol. The molecule has 59 heavy (non-hydrogen) atoms. The largest absolute Gasteiger partial charge is 0.322 e. The van der Waals surface area contributed by atoms with Crippen LogP contribution in [0.3, 0.4) is 0 Å². The van der Waals surface area contributed by atoms with Crippen molar-refractivity contribution in [3.63, 3.8) is 0 Å². The van der Waals surface area contributed by atoms with Gasteiger partial charge in [0.05, 0.1) is 5.41 Å². The fourth-order valence-electron chi connectivity index (χ4n) is 9.13. The fourth-order valence-corrected chi connectivity index (χ4v) is 10.4. The van der Waals surface area contributed by atoms with Gasteiger partial charge >= 0.3 is 0 Å². The quantitative estimate of drug-likeness (QED) is 0.0924. The maximum atomic E-state index is 4.26. The third kappa shape index (κ3) is 8.34. The van der Waals surface area contributed by atoms with E-state index in [4.69, 9.17) is 0 Å². The van der Waals surface area contributed by atoms with E-state index in [-0.39, 0.29) is 11.2 Å². The normalized spacial score (nSPS) is 20.0. The Hall–Kier alpha value is -5.57. The van der Waals surface area contributed by atoms with Crippen molar-refractivity contribution >= 4 is 29.5 Å². The molecule has 0 radical (unpaired) electrons. The van der Waals surface area contributed by atoms with Crippen LogP contribution in [0.15, 0.2) is 192 Å². The third-order valence-corrected chi connectivity index (χ3v) is 13.5. The molecule has 0 N–H and O–H groups in total. The topological polar surface area (TPSA) is 3.24 Å². The third-order valence-electron chi connectivity index (χ3n) is 12.1. The molecule has 1 aliphatic carbocycles. The van der Waals surface area contributed by atoms with Gasteiger partial charge in [-0.1, -0.05) is 146 Å². The van der Waals surface area contributed by atoms with E-state index in [1.807, 2.05) is 11.8 Å². The van der Waals surface area contributed by atoms with Crippen LogP contribution >= 0.6 is 11.8 Å². The zero-order valence-corrected chi connectivity index (χ0v) is 37.4. The van der Waals surface area contributed by atoms with Gasteiger partial charge in [0, 0.05) is 33.7 Å². The van der Waals surface area contributed by atoms with Gasteiger partial charge in [0.15, 0.2) is 0 Å². The molecule has 1 heterocycles. The highest BCUT2D eigenvalue weighted by Gasteiger charge is 2.46. The molecule has 0 fully saturated rings. The molecule has 0 spiro atoms. The Kier molecular flexibility index (Phi) is 14.2. The summed E-state index contributed by atoms with van der Waals surface area (Å²) >= 11 is 1.91. The van der Waals surface area contributed by atoms with E-state index in [2.05, 4.69) is 244 Å². The van der Waals surface area contributed by atoms with Gasteiger partial charge in [-0.25, -0.2) is 0 Å². The fraction of sp³-hybridized carbons (Fsp3) is 0.228. The molecule has 0 aromatic heterocycles. The van der Waals surface area contributed by atoms with Crippen molar-refractivity contribution in [3.05, 3.63) is 237 Å². The molecule has 0 amide bonds. The SMILES string of the molecule is C=CC1Sc2ccccc2C1/C=C/N(/C(C)=C/C1=C(C)c2ccccc2C1(C(/C=C\C)=C/C)c1ccccc1)C(/C=C\Cc1cc(/C=C\C)c(C)c(C)c1/C=C\C)=C/C. The lowest BCUT2D eigenvalue weighted by molar-refractivity contribution is 0.583. The number of nitrogens with zero attached hydrogens (tertiary/aromatic N) is 1. The Morgan fingerprint density at radius 3 is 2.20 bits per heavy atom. The zero-order valence-electron chi connectivity index (χ0n) is 36.6. The molecule has 3 unspecified atom stereocenters. The maximum Gasteiger partial charge on any atom is 0.0707 e. The van der Waals surface area contributed by atoms with Gasteiger partial charge < -0.3 is 4.90 Å². The molecular weight excluding hydrogens is 731 g/mol. The van der Waals surface area contributed by atoms with Crippen LogP contribution in [0.25, 0.3) is 17.7 Å². The van der Waals surface area contributed by atoms with Gasteiger partial charge in [0.25, 0.3) is 0 Å². The number of hydrogen-bond acceptors (Lipinski definition) is 2. The molecule has 4 aromatic rings. The number of rotatable bonds is 14. The van der Waals surface area contributed by atoms with Gasteiger partial charge in [-0.2, -0.15) is 0 Å². The molecule has 4 aromatic carbocycles. The van der Waals surface area contributed by atoms with E-state index in [1.54, 1.807) is 0 Å². The van der Waals surface area contributed by atoms with E-state index in [0.29, 0.717) is 0 Å². The maximum absolute atomic E-state index is 4.26. The molecule has 0 saturated carbocycles. The first-order chi connectivity index (χ1) is 28.7. The summed E-state index contributed by atoms with van der Waals surface area (Å²) in [6.07, 6.45) is 32.5. The Labute approximate surface area is 360 Å². The molecule has 6 rings (SSSR count). The number of benzene rings is 4. The Balaban J connectivity index is 1.52. The predicted molar refractivity (Wildman–Crippen MR) is 261 cm³/mol. The Morgan fingerprint density at radius 1 is 0.797 bits per heavy atom. The Bertz CT molecular complexity index is 2460. The summed E-state index contributed by atoms with van der Waals surface area (Å²) in [4.78, 5) is 3.73. The summed E-state index contributed by atoms with van der Waals surface area (Å²) in [6.45, 7) is 24.0. The van der Waals surface area contributed by atoms with E-state index < -0.39 is 5.41 Å². The van der Waals surface area contributed by atoms with Crippen molar-refractivity contribution in [2.24, 2.45) is 0 Å². The minimum absolute atomic E-state index is 0.208. The van der Waals surface area contributed by atoms with E-state index >= 15 is 0 Å². The van der Waals surface area contributed by atoms with E-state index in [0.717, 1.165) is 17.8 Å². The van der Waals surface area contributed by atoms with Crippen molar-refractivity contribution in [2.45, 2.75) is 90.2 Å². The lowest BCUT2D eigenvalue weighted by Crippen LogP contribution is -2.30. The van der Waals surface area contributed by atoms with Crippen LogP contribution in [0.4, 0.5) is 0 Å². The predicted octanol–water partition coefficient (Wildman–Crippen LogP) is 15.8. The highest BCUT2D eigenvalue weighted by Crippen LogP contribution is 2.56. The highest BCUT2D eigenvalue weighted by atomic mass is 32.2. The standard InChI is InChI=1S/C57H61NS/c1-11-25-44-39-45(49(27-13-3)42(9)41(44)8)28-24-31-48(15-5)58(37-36-52-51-33-21-23-35-56(51)59-55(52)16-6)40(7)38-54-43(10)50-32-20-22-34-53(50)57(54,46(14-4)26-12-2)47-29-18-17-19-30-47/h11-27,29-39,52,55H,6,28H2,1-5,7-10H3/b25-11-,26-12-,27-13-,31-24-,37-36+,40-38+,46-14+,48-15+. The van der Waals surface area contributed by atoms with Crippen LogP contribution in [0, 0.1) is 13.8 Å². The summed E-state index contributed by atoms with van der Waals surface area (Å²) in [5.74, 6) is 0.208. The molecule has 0 saturated heterocycles. The van der Waals surface area contributed by atoms with Crippen LogP contribution in [-0.4, -0.2) is 10.1 Å². The highest BCUT2D eigenvalue weighted by molar-refractivity contribution is 8.00. The van der Waals surface area contributed by atoms with Crippen molar-refractivity contribution in [3.8, 4) is 0 Å². The molecule has 2 heteroatoms. The van der Waals surface area contributed by atoms with E-state index in [9.17, 15) is 0 Å². The minimum Gasteiger partial charge on any atom is -0.322 e. The van der Waals surface area contributed by atoms with Crippen LogP contribution in [-0.2, 0) is 11.8 Å². The van der Waals surface area contributed by atoms with Gasteiger partial charge in [-0.05, 0) is 154 Å². The summed E-state index contributed by atoms with van der Waals surface area (Å²) in [5.41, 5.74) is 17.4. The molecule has 1 nitrogen and oxygen atoms in total. The lowest BCUT2D eigenvalue weighted by atomic mass is 9.66. The smallest absolute Gasteiger partial charge is 0.0707 e. The first-order valence-electron chi connectivity index (χ1n) is 21.1. The monoisotopic (exact) mass is 791 g/mol. The van der Waals surface area contributed by atoms with E-state index in [1.165, 1.54) is 71.7 Å². The molecule has 3 atom stereocenters. The number of fused-ring (bicyclic) bond motifs is 2. The number of hydrogen-bond donors (Lipinski definition) is 0. The molecule has 300 valence electrons. The first-order valence-corrected chi connectivity index (χ1v) is 22.0. The van der Waals surface area contributed by atoms with Gasteiger partial charge in [0.1, 0.15) is 0 Å². The Morgan fingerprint density at radius 2 is 1.51 bits per heavy atom. The van der Waals surface area contributed by atoms with Crippen LogP contribution in [0.1, 0.15) is 104 Å². The zero-order chi connectivity index (χ0) is 42.1. The summed E-state index contributed by atoms with van der Waals surface area (Å²) in [5, 5.41) is 0.263. The van der Waals surface area contributed by atoms with Crippen molar-refractivity contribution in [1.29, 1.82) is 0 Å². The van der Waals surface area contributed by atoms with Gasteiger partial charge in [-0.15, -0.1) is 18.3 Å². The van der Waals surface area contributed by atoms with Crippen molar-refractivity contribution in [2.75, 3.05) is 0 Å². The van der Waals surface area contributed by atoms with Crippen molar-refractivity contribution in [1.82, 2.24) is 4.90 Å². The second kappa shape index (κ2) is 19.5. The molecule has 0 bridgehead atoms. The summed E-state index contributed by atoms with van der Waals surface area (Å²) in [6, 6.07) is 31.2. The second-order valence-electron chi connectivity index (χ2n) is 15.4. The van der Waals surface area contributed by atoms with Crippen LogP contribution in [0.2, 0.25) is 0 Å². The summed E-state index contributed by atoms with van der Waals surface area (Å²) in [7, 11) is 0. The number of thioether (sulfide) groups is 1. The van der Waals surface area contributed by atoms with Gasteiger partial charge in [0.2, 0.25) is 0 Å². The minimum atomic E-state index is -0.488. The lowest BCUT2D eigenvalue weighted by Gasteiger charge is -2.36. The van der Waals surface area contributed by atoms with Gasteiger partial charge in [-0.3, -0.25) is 0 Å². The second-order valence-corrected chi connectivity index (χ2v) is 16.7. The molecule has 1 aliphatic heterocycles. The molecular formula is C57H61NS. The van der Waals surface area contributed by atoms with Crippen LogP contribution in [0.5, 0.6) is 0 Å². The number of allylic oxidation sites excluding steroid dienone is 14.